The molecule has 0 spiro atoms. The third kappa shape index (κ3) is 3.41. The van der Waals surface area contributed by atoms with Crippen molar-refractivity contribution in [3.05, 3.63) is 30.2 Å². The number of nitrogens with zero attached hydrogens (tertiary/aromatic N) is 3. The number of ether oxygens (including phenoxy) is 1. The molecule has 2 heterocycles. The summed E-state index contributed by atoms with van der Waals surface area (Å²) >= 11 is 0. The third-order valence-corrected chi connectivity index (χ3v) is 5.44. The maximum absolute atomic E-state index is 10.2. The van der Waals surface area contributed by atoms with E-state index < -0.39 is 0 Å². The molecule has 1 aliphatic heterocycles. The number of aromatic nitrogens is 2. The second-order valence-corrected chi connectivity index (χ2v) is 7.08. The largest absolute Gasteiger partial charge is 0.497 e. The van der Waals surface area contributed by atoms with E-state index in [9.17, 15) is 5.11 Å². The molecule has 0 amide bonds. The standard InChI is InChI=1S/C19H25N3O3/c1-24-16-9-7-13(8-10-16)18-20-19(25-21-18)17-11-15(23)12-22(17)14-5-3-2-4-6-14/h7-10,14-15,17,23H,2-6,11-12H2,1H3/t15-,17+/m1/s1. The minimum Gasteiger partial charge on any atom is -0.497 e. The van der Waals surface area contributed by atoms with Gasteiger partial charge in [-0.05, 0) is 43.5 Å². The minimum absolute atomic E-state index is 0.0256. The molecule has 1 saturated heterocycles. The Morgan fingerprint density at radius 1 is 1.16 bits per heavy atom. The molecule has 1 N–H and O–H groups in total. The lowest BCUT2D eigenvalue weighted by molar-refractivity contribution is 0.110. The Morgan fingerprint density at radius 2 is 1.92 bits per heavy atom. The van der Waals surface area contributed by atoms with Crippen molar-refractivity contribution in [1.82, 2.24) is 15.0 Å². The van der Waals surface area contributed by atoms with E-state index in [-0.39, 0.29) is 12.1 Å². The fraction of sp³-hybridized carbons (Fsp3) is 0.579. The van der Waals surface area contributed by atoms with Crippen LogP contribution in [0.1, 0.15) is 50.5 Å². The van der Waals surface area contributed by atoms with Crippen LogP contribution in [0.5, 0.6) is 5.75 Å². The Morgan fingerprint density at radius 3 is 2.64 bits per heavy atom. The highest BCUT2D eigenvalue weighted by Gasteiger charge is 2.39. The van der Waals surface area contributed by atoms with Crippen molar-refractivity contribution < 1.29 is 14.4 Å². The highest BCUT2D eigenvalue weighted by molar-refractivity contribution is 5.55. The van der Waals surface area contributed by atoms with E-state index in [1.807, 2.05) is 24.3 Å². The predicted molar refractivity (Wildman–Crippen MR) is 93.2 cm³/mol. The predicted octanol–water partition coefficient (Wildman–Crippen LogP) is 3.19. The number of likely N-dealkylation sites (tertiary alicyclic amines) is 1. The molecule has 2 fully saturated rings. The summed E-state index contributed by atoms with van der Waals surface area (Å²) in [7, 11) is 1.65. The van der Waals surface area contributed by atoms with Gasteiger partial charge in [0.25, 0.3) is 0 Å². The average molecular weight is 343 g/mol. The molecule has 4 rings (SSSR count). The number of β-amino-alcohol motifs (C(OH)–C–C–N with tert-alkyl or cyclic N) is 1. The highest BCUT2D eigenvalue weighted by atomic mass is 16.5. The molecule has 1 aromatic heterocycles. The van der Waals surface area contributed by atoms with Crippen LogP contribution >= 0.6 is 0 Å². The minimum atomic E-state index is -0.316. The number of hydrogen-bond acceptors (Lipinski definition) is 6. The smallest absolute Gasteiger partial charge is 0.244 e. The molecule has 6 nitrogen and oxygen atoms in total. The van der Waals surface area contributed by atoms with Gasteiger partial charge in [0.2, 0.25) is 11.7 Å². The topological polar surface area (TPSA) is 71.6 Å². The number of methoxy groups -OCH3 is 1. The molecule has 25 heavy (non-hydrogen) atoms. The van der Waals surface area contributed by atoms with Crippen LogP contribution in [-0.4, -0.2) is 45.9 Å². The summed E-state index contributed by atoms with van der Waals surface area (Å²) in [5.41, 5.74) is 0.901. The van der Waals surface area contributed by atoms with E-state index in [2.05, 4.69) is 15.0 Å². The Kier molecular flexibility index (Phi) is 4.72. The molecule has 2 aliphatic rings. The van der Waals surface area contributed by atoms with Crippen molar-refractivity contribution in [2.24, 2.45) is 0 Å². The van der Waals surface area contributed by atoms with Gasteiger partial charge in [-0.1, -0.05) is 24.4 Å². The van der Waals surface area contributed by atoms with E-state index >= 15 is 0 Å². The average Bonchev–Trinajstić information content (AvgIpc) is 3.29. The van der Waals surface area contributed by atoms with Gasteiger partial charge in [0, 0.05) is 18.2 Å². The second kappa shape index (κ2) is 7.14. The molecular formula is C19H25N3O3. The van der Waals surface area contributed by atoms with Crippen LogP contribution in [0.2, 0.25) is 0 Å². The lowest BCUT2D eigenvalue weighted by Crippen LogP contribution is -2.37. The van der Waals surface area contributed by atoms with E-state index in [1.54, 1.807) is 7.11 Å². The maximum atomic E-state index is 10.2. The first kappa shape index (κ1) is 16.5. The van der Waals surface area contributed by atoms with Gasteiger partial charge in [0.15, 0.2) is 0 Å². The van der Waals surface area contributed by atoms with Crippen LogP contribution in [0.15, 0.2) is 28.8 Å². The van der Waals surface area contributed by atoms with Crippen LogP contribution in [-0.2, 0) is 0 Å². The summed E-state index contributed by atoms with van der Waals surface area (Å²) < 4.78 is 10.8. The van der Waals surface area contributed by atoms with Gasteiger partial charge in [-0.2, -0.15) is 4.98 Å². The molecule has 1 aromatic carbocycles. The van der Waals surface area contributed by atoms with Crippen molar-refractivity contribution in [3.63, 3.8) is 0 Å². The number of benzene rings is 1. The van der Waals surface area contributed by atoms with Crippen LogP contribution in [0.4, 0.5) is 0 Å². The van der Waals surface area contributed by atoms with Crippen LogP contribution in [0, 0.1) is 0 Å². The fourth-order valence-corrected chi connectivity index (χ4v) is 4.13. The zero-order valence-electron chi connectivity index (χ0n) is 14.6. The summed E-state index contributed by atoms with van der Waals surface area (Å²) in [6.45, 7) is 0.704. The van der Waals surface area contributed by atoms with Crippen molar-refractivity contribution >= 4 is 0 Å². The molecular weight excluding hydrogens is 318 g/mol. The summed E-state index contributed by atoms with van der Waals surface area (Å²) in [5.74, 6) is 2.01. The molecule has 134 valence electrons. The molecule has 2 aromatic rings. The quantitative estimate of drug-likeness (QED) is 0.919. The van der Waals surface area contributed by atoms with Gasteiger partial charge in [-0.25, -0.2) is 0 Å². The molecule has 0 bridgehead atoms. The van der Waals surface area contributed by atoms with Gasteiger partial charge in [-0.3, -0.25) is 4.90 Å². The summed E-state index contributed by atoms with van der Waals surface area (Å²) in [6.07, 6.45) is 6.60. The fourth-order valence-electron chi connectivity index (χ4n) is 4.13. The van der Waals surface area contributed by atoms with Gasteiger partial charge in [0.05, 0.1) is 19.3 Å². The summed E-state index contributed by atoms with van der Waals surface area (Å²) in [6, 6.07) is 8.17. The van der Waals surface area contributed by atoms with Gasteiger partial charge >= 0.3 is 0 Å². The lowest BCUT2D eigenvalue weighted by Gasteiger charge is -2.33. The van der Waals surface area contributed by atoms with E-state index in [4.69, 9.17) is 9.26 Å². The first-order valence-electron chi connectivity index (χ1n) is 9.16. The SMILES string of the molecule is COc1ccc(-c2noc([C@@H]3C[C@@H](O)CN3C3CCCCC3)n2)cc1. The Labute approximate surface area is 147 Å². The number of hydrogen-bond donors (Lipinski definition) is 1. The zero-order chi connectivity index (χ0) is 17.2. The van der Waals surface area contributed by atoms with Crippen LogP contribution in [0.25, 0.3) is 11.4 Å². The molecule has 0 radical (unpaired) electrons. The van der Waals surface area contributed by atoms with Gasteiger partial charge < -0.3 is 14.4 Å². The molecule has 6 heteroatoms. The Hall–Kier alpha value is -1.92. The normalized spacial score (nSPS) is 25.4. The number of rotatable bonds is 4. The van der Waals surface area contributed by atoms with E-state index in [0.29, 0.717) is 30.7 Å². The number of aliphatic hydroxyl groups is 1. The van der Waals surface area contributed by atoms with E-state index in [0.717, 1.165) is 11.3 Å². The zero-order valence-corrected chi connectivity index (χ0v) is 14.6. The second-order valence-electron chi connectivity index (χ2n) is 7.08. The van der Waals surface area contributed by atoms with Gasteiger partial charge in [-0.15, -0.1) is 0 Å². The Balaban J connectivity index is 1.54. The molecule has 2 atom stereocenters. The monoisotopic (exact) mass is 343 g/mol. The first-order valence-corrected chi connectivity index (χ1v) is 9.16. The van der Waals surface area contributed by atoms with Crippen molar-refractivity contribution in [2.75, 3.05) is 13.7 Å². The van der Waals surface area contributed by atoms with Gasteiger partial charge in [0.1, 0.15) is 5.75 Å². The van der Waals surface area contributed by atoms with Crippen molar-refractivity contribution in [1.29, 1.82) is 0 Å². The van der Waals surface area contributed by atoms with Crippen LogP contribution < -0.4 is 4.74 Å². The highest BCUT2D eigenvalue weighted by Crippen LogP contribution is 2.37. The summed E-state index contributed by atoms with van der Waals surface area (Å²) in [5, 5.41) is 14.4. The Bertz CT molecular complexity index is 694. The third-order valence-electron chi connectivity index (χ3n) is 5.44. The summed E-state index contributed by atoms with van der Waals surface area (Å²) in [4.78, 5) is 7.01. The molecule has 1 aliphatic carbocycles. The van der Waals surface area contributed by atoms with E-state index in [1.165, 1.54) is 32.1 Å². The number of aliphatic hydroxyl groups excluding tert-OH is 1. The molecule has 0 unspecified atom stereocenters. The maximum Gasteiger partial charge on any atom is 0.244 e. The van der Waals surface area contributed by atoms with Crippen molar-refractivity contribution in [3.8, 4) is 17.1 Å². The molecule has 1 saturated carbocycles. The van der Waals surface area contributed by atoms with Crippen molar-refractivity contribution in [2.45, 2.75) is 56.7 Å². The first-order chi connectivity index (χ1) is 12.2. The van der Waals surface area contributed by atoms with Crippen LogP contribution in [0.3, 0.4) is 0 Å². The lowest BCUT2D eigenvalue weighted by atomic mass is 9.94.